The molecule has 33 heavy (non-hydrogen) atoms. The van der Waals surface area contributed by atoms with Crippen LogP contribution in [0, 0.1) is 11.6 Å². The Bertz CT molecular complexity index is 1060. The standard InChI is InChI=1S/C28H27F2N3/c29-25-11-7-23(8-12-25)27(24-9-13-26(30)14-10-24)15-19-33(21-22-5-2-1-3-6-22)20-16-28-31-17-4-18-32-28/h1-14,17-18,27H,15-16,19-21H2. The monoisotopic (exact) mass is 443 g/mol. The molecule has 0 saturated heterocycles. The summed E-state index contributed by atoms with van der Waals surface area (Å²) in [7, 11) is 0. The maximum absolute atomic E-state index is 13.6. The number of benzene rings is 3. The van der Waals surface area contributed by atoms with Crippen LogP contribution in [-0.2, 0) is 13.0 Å². The van der Waals surface area contributed by atoms with Crippen molar-refractivity contribution < 1.29 is 8.78 Å². The van der Waals surface area contributed by atoms with Gasteiger partial charge in [-0.25, -0.2) is 18.7 Å². The third kappa shape index (κ3) is 6.77. The Balaban J connectivity index is 1.52. The van der Waals surface area contributed by atoms with Crippen molar-refractivity contribution >= 4 is 0 Å². The van der Waals surface area contributed by atoms with E-state index >= 15 is 0 Å². The summed E-state index contributed by atoms with van der Waals surface area (Å²) in [5, 5.41) is 0. The van der Waals surface area contributed by atoms with Crippen LogP contribution in [0.25, 0.3) is 0 Å². The maximum Gasteiger partial charge on any atom is 0.129 e. The van der Waals surface area contributed by atoms with Gasteiger partial charge in [-0.15, -0.1) is 0 Å². The van der Waals surface area contributed by atoms with Crippen LogP contribution in [0.15, 0.2) is 97.3 Å². The van der Waals surface area contributed by atoms with E-state index in [-0.39, 0.29) is 17.6 Å². The van der Waals surface area contributed by atoms with Gasteiger partial charge in [-0.05, 0) is 60.0 Å². The Labute approximate surface area is 193 Å². The zero-order valence-electron chi connectivity index (χ0n) is 18.4. The fourth-order valence-electron chi connectivity index (χ4n) is 4.06. The van der Waals surface area contributed by atoms with Crippen molar-refractivity contribution in [2.75, 3.05) is 13.1 Å². The molecule has 0 aliphatic rings. The van der Waals surface area contributed by atoms with E-state index in [0.29, 0.717) is 0 Å². The molecule has 0 radical (unpaired) electrons. The molecule has 1 heterocycles. The highest BCUT2D eigenvalue weighted by Gasteiger charge is 2.17. The molecule has 3 aromatic carbocycles. The maximum atomic E-state index is 13.6. The molecule has 0 bridgehead atoms. The number of hydrogen-bond acceptors (Lipinski definition) is 3. The second-order valence-corrected chi connectivity index (χ2v) is 8.12. The lowest BCUT2D eigenvalue weighted by molar-refractivity contribution is 0.259. The fourth-order valence-corrected chi connectivity index (χ4v) is 4.06. The zero-order chi connectivity index (χ0) is 22.9. The second kappa shape index (κ2) is 11.4. The highest BCUT2D eigenvalue weighted by atomic mass is 19.1. The van der Waals surface area contributed by atoms with Gasteiger partial charge in [-0.3, -0.25) is 4.90 Å². The molecular formula is C28H27F2N3. The van der Waals surface area contributed by atoms with E-state index in [4.69, 9.17) is 0 Å². The molecule has 5 heteroatoms. The van der Waals surface area contributed by atoms with Crippen LogP contribution in [0.5, 0.6) is 0 Å². The lowest BCUT2D eigenvalue weighted by atomic mass is 9.88. The second-order valence-electron chi connectivity index (χ2n) is 8.12. The van der Waals surface area contributed by atoms with Crippen molar-refractivity contribution in [3.05, 3.63) is 131 Å². The fraction of sp³-hybridized carbons (Fsp3) is 0.214. The first kappa shape index (κ1) is 22.7. The average Bonchev–Trinajstić information content (AvgIpc) is 2.86. The Morgan fingerprint density at radius 2 is 1.24 bits per heavy atom. The first-order valence-electron chi connectivity index (χ1n) is 11.2. The van der Waals surface area contributed by atoms with Crippen molar-refractivity contribution in [2.24, 2.45) is 0 Å². The average molecular weight is 444 g/mol. The Morgan fingerprint density at radius 3 is 1.82 bits per heavy atom. The number of hydrogen-bond donors (Lipinski definition) is 0. The summed E-state index contributed by atoms with van der Waals surface area (Å²) in [6, 6.07) is 25.4. The van der Waals surface area contributed by atoms with E-state index in [0.717, 1.165) is 49.4 Å². The number of halogens is 2. The van der Waals surface area contributed by atoms with Crippen LogP contribution < -0.4 is 0 Å². The molecule has 0 unspecified atom stereocenters. The normalized spacial score (nSPS) is 11.3. The minimum Gasteiger partial charge on any atom is -0.299 e. The molecule has 1 aromatic heterocycles. The van der Waals surface area contributed by atoms with Crippen LogP contribution in [0.2, 0.25) is 0 Å². The summed E-state index contributed by atoms with van der Waals surface area (Å²) in [6.07, 6.45) is 5.11. The molecular weight excluding hydrogens is 416 g/mol. The molecule has 0 N–H and O–H groups in total. The molecule has 4 rings (SSSR count). The van der Waals surface area contributed by atoms with Gasteiger partial charge in [0.05, 0.1) is 0 Å². The summed E-state index contributed by atoms with van der Waals surface area (Å²) in [4.78, 5) is 11.1. The first-order valence-corrected chi connectivity index (χ1v) is 11.2. The molecule has 0 fully saturated rings. The van der Waals surface area contributed by atoms with Crippen molar-refractivity contribution in [1.82, 2.24) is 14.9 Å². The summed E-state index contributed by atoms with van der Waals surface area (Å²) in [5.74, 6) is 0.344. The lowest BCUT2D eigenvalue weighted by Crippen LogP contribution is -2.28. The van der Waals surface area contributed by atoms with Crippen molar-refractivity contribution in [2.45, 2.75) is 25.3 Å². The SMILES string of the molecule is Fc1ccc(C(CCN(CCc2ncccn2)Cc2ccccc2)c2ccc(F)cc2)cc1. The van der Waals surface area contributed by atoms with Gasteiger partial charge in [-0.2, -0.15) is 0 Å². The van der Waals surface area contributed by atoms with Crippen molar-refractivity contribution in [1.29, 1.82) is 0 Å². The molecule has 0 aliphatic carbocycles. The van der Waals surface area contributed by atoms with E-state index < -0.39 is 0 Å². The van der Waals surface area contributed by atoms with Gasteiger partial charge < -0.3 is 0 Å². The van der Waals surface area contributed by atoms with E-state index in [1.165, 1.54) is 29.8 Å². The molecule has 0 spiro atoms. The number of rotatable bonds is 10. The van der Waals surface area contributed by atoms with Gasteiger partial charge in [-0.1, -0.05) is 54.6 Å². The van der Waals surface area contributed by atoms with Gasteiger partial charge in [0.1, 0.15) is 17.5 Å². The topological polar surface area (TPSA) is 29.0 Å². The van der Waals surface area contributed by atoms with Crippen LogP contribution in [0.3, 0.4) is 0 Å². The van der Waals surface area contributed by atoms with Crippen LogP contribution in [0.4, 0.5) is 8.78 Å². The summed E-state index contributed by atoms with van der Waals surface area (Å²) in [5.41, 5.74) is 3.29. The molecule has 0 amide bonds. The predicted octanol–water partition coefficient (Wildman–Crippen LogP) is 6.02. The summed E-state index contributed by atoms with van der Waals surface area (Å²) >= 11 is 0. The van der Waals surface area contributed by atoms with Crippen LogP contribution in [-0.4, -0.2) is 28.0 Å². The molecule has 0 atom stereocenters. The Morgan fingerprint density at radius 1 is 0.667 bits per heavy atom. The van der Waals surface area contributed by atoms with Crippen molar-refractivity contribution in [3.8, 4) is 0 Å². The van der Waals surface area contributed by atoms with E-state index in [1.807, 2.05) is 48.5 Å². The van der Waals surface area contributed by atoms with E-state index in [1.54, 1.807) is 12.4 Å². The Hall–Kier alpha value is -3.44. The van der Waals surface area contributed by atoms with Gasteiger partial charge in [0.2, 0.25) is 0 Å². The molecule has 3 nitrogen and oxygen atoms in total. The molecule has 4 aromatic rings. The Kier molecular flexibility index (Phi) is 7.88. The highest BCUT2D eigenvalue weighted by Crippen LogP contribution is 2.29. The lowest BCUT2D eigenvalue weighted by Gasteiger charge is -2.26. The zero-order valence-corrected chi connectivity index (χ0v) is 18.4. The minimum atomic E-state index is -0.259. The highest BCUT2D eigenvalue weighted by molar-refractivity contribution is 5.33. The van der Waals surface area contributed by atoms with Crippen LogP contribution >= 0.6 is 0 Å². The van der Waals surface area contributed by atoms with Gasteiger partial charge in [0, 0.05) is 37.8 Å². The summed E-state index contributed by atoms with van der Waals surface area (Å²) < 4.78 is 27.1. The summed E-state index contributed by atoms with van der Waals surface area (Å²) in [6.45, 7) is 2.45. The first-order chi connectivity index (χ1) is 16.2. The number of nitrogens with zero attached hydrogens (tertiary/aromatic N) is 3. The molecule has 0 aliphatic heterocycles. The third-order valence-corrected chi connectivity index (χ3v) is 5.80. The quantitative estimate of drug-likeness (QED) is 0.300. The van der Waals surface area contributed by atoms with Gasteiger partial charge in [0.25, 0.3) is 0 Å². The molecule has 0 saturated carbocycles. The van der Waals surface area contributed by atoms with Gasteiger partial charge >= 0.3 is 0 Å². The van der Waals surface area contributed by atoms with Crippen LogP contribution in [0.1, 0.15) is 34.9 Å². The molecule has 168 valence electrons. The predicted molar refractivity (Wildman–Crippen MR) is 127 cm³/mol. The largest absolute Gasteiger partial charge is 0.299 e. The number of aromatic nitrogens is 2. The van der Waals surface area contributed by atoms with E-state index in [2.05, 4.69) is 27.0 Å². The van der Waals surface area contributed by atoms with E-state index in [9.17, 15) is 8.78 Å². The smallest absolute Gasteiger partial charge is 0.129 e. The van der Waals surface area contributed by atoms with Crippen molar-refractivity contribution in [3.63, 3.8) is 0 Å². The minimum absolute atomic E-state index is 0.0393. The van der Waals surface area contributed by atoms with Gasteiger partial charge in [0.15, 0.2) is 0 Å². The third-order valence-electron chi connectivity index (χ3n) is 5.80.